The highest BCUT2D eigenvalue weighted by molar-refractivity contribution is 5.99. The number of ether oxygens (including phenoxy) is 2. The maximum absolute atomic E-state index is 14.2. The Morgan fingerprint density at radius 3 is 2.58 bits per heavy atom. The Kier molecular flexibility index (Phi) is 8.27. The van der Waals surface area contributed by atoms with Crippen LogP contribution in [0, 0.1) is 5.41 Å². The van der Waals surface area contributed by atoms with E-state index in [1.807, 2.05) is 32.9 Å². The van der Waals surface area contributed by atoms with Gasteiger partial charge in [0.2, 0.25) is 11.8 Å². The number of fused-ring (bicyclic) bond motifs is 1. The summed E-state index contributed by atoms with van der Waals surface area (Å²) in [5.41, 5.74) is 15.9. The average molecular weight is 528 g/mol. The summed E-state index contributed by atoms with van der Waals surface area (Å²) in [4.78, 5) is 48.4. The van der Waals surface area contributed by atoms with E-state index in [9.17, 15) is 14.4 Å². The molecule has 206 valence electrons. The van der Waals surface area contributed by atoms with E-state index in [1.165, 1.54) is 4.90 Å². The summed E-state index contributed by atoms with van der Waals surface area (Å²) in [7, 11) is 1.69. The molecule has 3 aliphatic rings. The number of piperazine rings is 1. The second kappa shape index (κ2) is 11.3. The number of benzene rings is 1. The molecule has 3 aliphatic heterocycles. The van der Waals surface area contributed by atoms with Crippen LogP contribution in [0.4, 0.5) is 5.69 Å². The Labute approximate surface area is 222 Å². The molecule has 0 spiro atoms. The number of anilines is 1. The van der Waals surface area contributed by atoms with Gasteiger partial charge in [0.05, 0.1) is 24.7 Å². The van der Waals surface area contributed by atoms with Gasteiger partial charge in [-0.2, -0.15) is 0 Å². The number of carbonyl (C=O) groups excluding carboxylic acids is 3. The van der Waals surface area contributed by atoms with Crippen molar-refractivity contribution >= 4 is 23.3 Å². The number of rotatable bonds is 8. The zero-order chi connectivity index (χ0) is 27.6. The molecule has 12 nitrogen and oxygen atoms in total. The quantitative estimate of drug-likeness (QED) is 0.305. The molecular weight excluding hydrogens is 490 g/mol. The summed E-state index contributed by atoms with van der Waals surface area (Å²) in [6.45, 7) is 10.6. The van der Waals surface area contributed by atoms with Crippen molar-refractivity contribution in [1.82, 2.24) is 9.80 Å². The maximum atomic E-state index is 14.2. The van der Waals surface area contributed by atoms with Gasteiger partial charge in [-0.05, 0) is 34.7 Å². The SMILES string of the molecule is COCCN1CCN(c2ccc(C(N)=O)c([C@@H](C(=O)N3C[C@H](N=[N+]=[N-])[C@H]4OCC(=O)[C@H]43)C(C)(C)C)c2)CC1. The standard InChI is InChI=1S/C26H37N7O5/c1-26(2,3)21(25(36)33-14-19(29-30-28)23-22(33)20(34)15-38-23)18-13-16(5-6-17(18)24(27)35)32-9-7-31(8-10-32)11-12-37-4/h5-6,13,19,21-23H,7-12,14-15H2,1-4H3,(H2,27,35)/t19-,21-,22+,23+/m0/s1. The molecule has 0 radical (unpaired) electrons. The van der Waals surface area contributed by atoms with Crippen LogP contribution in [-0.4, -0.2) is 105 Å². The molecule has 0 unspecified atom stereocenters. The molecule has 2 amide bonds. The number of primary amides is 1. The summed E-state index contributed by atoms with van der Waals surface area (Å²) in [5, 5.41) is 3.79. The molecule has 0 aliphatic carbocycles. The van der Waals surface area contributed by atoms with Crippen molar-refractivity contribution < 1.29 is 23.9 Å². The van der Waals surface area contributed by atoms with Crippen molar-refractivity contribution in [3.8, 4) is 0 Å². The number of likely N-dealkylation sites (tertiary alicyclic amines) is 1. The van der Waals surface area contributed by atoms with Gasteiger partial charge in [-0.15, -0.1) is 0 Å². The fraction of sp³-hybridized carbons (Fsp3) is 0.654. The summed E-state index contributed by atoms with van der Waals surface area (Å²) in [6, 6.07) is 3.98. The van der Waals surface area contributed by atoms with Crippen LogP contribution >= 0.6 is 0 Å². The number of carbonyl (C=O) groups is 3. The highest BCUT2D eigenvalue weighted by Crippen LogP contribution is 2.42. The lowest BCUT2D eigenvalue weighted by atomic mass is 9.73. The van der Waals surface area contributed by atoms with E-state index in [2.05, 4.69) is 19.8 Å². The van der Waals surface area contributed by atoms with Crippen molar-refractivity contribution in [2.45, 2.75) is 44.9 Å². The third kappa shape index (κ3) is 5.49. The molecule has 0 saturated carbocycles. The van der Waals surface area contributed by atoms with Crippen LogP contribution < -0.4 is 10.6 Å². The predicted octanol–water partition coefficient (Wildman–Crippen LogP) is 1.54. The van der Waals surface area contributed by atoms with Crippen molar-refractivity contribution in [3.63, 3.8) is 0 Å². The Bertz CT molecular complexity index is 1120. The van der Waals surface area contributed by atoms with E-state index >= 15 is 0 Å². The molecule has 0 bridgehead atoms. The van der Waals surface area contributed by atoms with Gasteiger partial charge in [0.1, 0.15) is 12.6 Å². The van der Waals surface area contributed by atoms with E-state index in [0.717, 1.165) is 38.4 Å². The summed E-state index contributed by atoms with van der Waals surface area (Å²) in [5.74, 6) is -1.93. The minimum Gasteiger partial charge on any atom is -0.383 e. The Hall–Kier alpha value is -3.18. The molecule has 12 heteroatoms. The number of ketones is 1. The monoisotopic (exact) mass is 527 g/mol. The Balaban J connectivity index is 1.68. The lowest BCUT2D eigenvalue weighted by molar-refractivity contribution is -0.139. The van der Waals surface area contributed by atoms with Crippen molar-refractivity contribution in [2.75, 3.05) is 64.5 Å². The highest BCUT2D eigenvalue weighted by Gasteiger charge is 2.54. The van der Waals surface area contributed by atoms with Crippen molar-refractivity contribution in [2.24, 2.45) is 16.3 Å². The van der Waals surface area contributed by atoms with Crippen LogP contribution in [0.15, 0.2) is 23.3 Å². The van der Waals surface area contributed by atoms with Crippen LogP contribution in [0.25, 0.3) is 10.4 Å². The topological polar surface area (TPSA) is 154 Å². The molecule has 2 N–H and O–H groups in total. The summed E-state index contributed by atoms with van der Waals surface area (Å²) >= 11 is 0. The summed E-state index contributed by atoms with van der Waals surface area (Å²) in [6.07, 6.45) is -0.667. The van der Waals surface area contributed by atoms with Gasteiger partial charge in [0.25, 0.3) is 0 Å². The zero-order valence-corrected chi connectivity index (χ0v) is 22.5. The smallest absolute Gasteiger partial charge is 0.249 e. The first-order valence-corrected chi connectivity index (χ1v) is 13.0. The van der Waals surface area contributed by atoms with Gasteiger partial charge in [-0.25, -0.2) is 0 Å². The first-order valence-electron chi connectivity index (χ1n) is 13.0. The number of methoxy groups -OCH3 is 1. The van der Waals surface area contributed by atoms with Crippen LogP contribution in [0.5, 0.6) is 0 Å². The molecule has 3 heterocycles. The van der Waals surface area contributed by atoms with E-state index < -0.39 is 35.4 Å². The third-order valence-electron chi connectivity index (χ3n) is 7.71. The number of Topliss-reactive ketones (excluding diaryl/α,β-unsaturated/α-hetero) is 1. The largest absolute Gasteiger partial charge is 0.383 e. The number of azide groups is 1. The first-order chi connectivity index (χ1) is 18.1. The van der Waals surface area contributed by atoms with E-state index in [1.54, 1.807) is 13.2 Å². The molecular formula is C26H37N7O5. The zero-order valence-electron chi connectivity index (χ0n) is 22.5. The number of hydrogen-bond donors (Lipinski definition) is 1. The van der Waals surface area contributed by atoms with Crippen LogP contribution in [-0.2, 0) is 19.1 Å². The molecule has 1 aromatic carbocycles. The molecule has 3 fully saturated rings. The number of nitrogens with zero attached hydrogens (tertiary/aromatic N) is 6. The van der Waals surface area contributed by atoms with Gasteiger partial charge >= 0.3 is 0 Å². The van der Waals surface area contributed by atoms with Crippen molar-refractivity contribution in [3.05, 3.63) is 39.8 Å². The summed E-state index contributed by atoms with van der Waals surface area (Å²) < 4.78 is 10.8. The third-order valence-corrected chi connectivity index (χ3v) is 7.71. The van der Waals surface area contributed by atoms with Gasteiger partial charge in [0, 0.05) is 62.5 Å². The molecule has 1 aromatic rings. The van der Waals surface area contributed by atoms with E-state index in [-0.39, 0.29) is 30.4 Å². The second-order valence-corrected chi connectivity index (χ2v) is 11.2. The van der Waals surface area contributed by atoms with Crippen molar-refractivity contribution in [1.29, 1.82) is 0 Å². The normalized spacial score (nSPS) is 24.7. The van der Waals surface area contributed by atoms with Gasteiger partial charge in [-0.3, -0.25) is 19.3 Å². The van der Waals surface area contributed by atoms with E-state index in [4.69, 9.17) is 20.7 Å². The first kappa shape index (κ1) is 27.8. The van der Waals surface area contributed by atoms with Crippen LogP contribution in [0.1, 0.15) is 42.6 Å². The molecule has 4 atom stereocenters. The van der Waals surface area contributed by atoms with Gasteiger partial charge < -0.3 is 25.0 Å². The van der Waals surface area contributed by atoms with Crippen LogP contribution in [0.2, 0.25) is 0 Å². The van der Waals surface area contributed by atoms with Crippen LogP contribution in [0.3, 0.4) is 0 Å². The van der Waals surface area contributed by atoms with Gasteiger partial charge in [-0.1, -0.05) is 25.9 Å². The second-order valence-electron chi connectivity index (χ2n) is 11.2. The fourth-order valence-corrected chi connectivity index (χ4v) is 5.82. The lowest BCUT2D eigenvalue weighted by Crippen LogP contribution is -2.48. The number of nitrogens with two attached hydrogens (primary N) is 1. The Morgan fingerprint density at radius 1 is 1.26 bits per heavy atom. The minimum atomic E-state index is -0.816. The molecule has 0 aromatic heterocycles. The van der Waals surface area contributed by atoms with E-state index in [0.29, 0.717) is 12.2 Å². The highest BCUT2D eigenvalue weighted by atomic mass is 16.5. The minimum absolute atomic E-state index is 0.0750. The number of amides is 2. The van der Waals surface area contributed by atoms with Gasteiger partial charge in [0.15, 0.2) is 5.78 Å². The number of hydrogen-bond acceptors (Lipinski definition) is 8. The Morgan fingerprint density at radius 2 is 1.97 bits per heavy atom. The lowest BCUT2D eigenvalue weighted by Gasteiger charge is -2.38. The average Bonchev–Trinajstić information content (AvgIpc) is 3.43. The molecule has 3 saturated heterocycles. The molecule has 38 heavy (non-hydrogen) atoms. The maximum Gasteiger partial charge on any atom is 0.249 e. The predicted molar refractivity (Wildman–Crippen MR) is 141 cm³/mol. The fourth-order valence-electron chi connectivity index (χ4n) is 5.82. The molecule has 4 rings (SSSR count).